The van der Waals surface area contributed by atoms with E-state index in [1.54, 1.807) is 31.5 Å². The maximum atomic E-state index is 12.4. The average molecular weight is 472 g/mol. The number of carbonyl (C=O) groups excluding carboxylic acids is 1. The molecule has 11 heteroatoms. The number of methoxy groups -OCH3 is 1. The third-order valence-electron chi connectivity index (χ3n) is 4.88. The van der Waals surface area contributed by atoms with Crippen molar-refractivity contribution >= 4 is 16.9 Å². The predicted octanol–water partition coefficient (Wildman–Crippen LogP) is 4.34. The van der Waals surface area contributed by atoms with E-state index < -0.39 is 18.4 Å². The molecule has 176 valence electrons. The summed E-state index contributed by atoms with van der Waals surface area (Å²) in [5.41, 5.74) is 7.64. The molecular formula is C23H19F3N4O4. The minimum absolute atomic E-state index is 0.0825. The van der Waals surface area contributed by atoms with Crippen molar-refractivity contribution in [1.29, 1.82) is 0 Å². The highest BCUT2D eigenvalue weighted by atomic mass is 19.4. The number of pyridine rings is 2. The van der Waals surface area contributed by atoms with Gasteiger partial charge in [0.25, 0.3) is 0 Å². The van der Waals surface area contributed by atoms with Crippen LogP contribution < -0.4 is 15.2 Å². The maximum absolute atomic E-state index is 12.4. The summed E-state index contributed by atoms with van der Waals surface area (Å²) < 4.78 is 54.3. The van der Waals surface area contributed by atoms with E-state index in [-0.39, 0.29) is 11.4 Å². The van der Waals surface area contributed by atoms with E-state index in [0.29, 0.717) is 18.2 Å². The highest BCUT2D eigenvalue weighted by Gasteiger charge is 2.42. The Kier molecular flexibility index (Phi) is 6.37. The third-order valence-corrected chi connectivity index (χ3v) is 4.88. The molecule has 3 heterocycles. The maximum Gasteiger partial charge on any atom is 0.490 e. The molecule has 0 aliphatic heterocycles. The summed E-state index contributed by atoms with van der Waals surface area (Å²) in [4.78, 5) is 19.3. The van der Waals surface area contributed by atoms with Gasteiger partial charge in [-0.05, 0) is 35.9 Å². The summed E-state index contributed by atoms with van der Waals surface area (Å²) >= 11 is 0. The Morgan fingerprint density at radius 2 is 1.91 bits per heavy atom. The fraction of sp³-hybridized carbons (Fsp3) is 0.174. The van der Waals surface area contributed by atoms with E-state index in [4.69, 9.17) is 15.2 Å². The number of alkyl halides is 3. The molecule has 0 aliphatic carbocycles. The van der Waals surface area contributed by atoms with E-state index in [1.807, 2.05) is 24.4 Å². The van der Waals surface area contributed by atoms with Crippen molar-refractivity contribution in [1.82, 2.24) is 14.5 Å². The molecule has 1 aromatic carbocycles. The summed E-state index contributed by atoms with van der Waals surface area (Å²) in [6.45, 7) is 0.610. The molecule has 4 rings (SSSR count). The van der Waals surface area contributed by atoms with Crippen molar-refractivity contribution in [3.63, 3.8) is 0 Å². The molecule has 1 atom stereocenters. The van der Waals surface area contributed by atoms with Crippen LogP contribution in [0.4, 0.5) is 13.2 Å². The zero-order chi connectivity index (χ0) is 24.3. The van der Waals surface area contributed by atoms with E-state index in [1.165, 1.54) is 18.3 Å². The highest BCUT2D eigenvalue weighted by molar-refractivity contribution is 5.82. The molecule has 0 amide bonds. The van der Waals surface area contributed by atoms with Crippen molar-refractivity contribution in [3.05, 3.63) is 78.2 Å². The SMILES string of the molecule is COc1ccc(Cn2ccc3cc(Oc4cc(C(N)OC(=O)C(F)(F)F)ccn4)ccc32)cn1. The Balaban J connectivity index is 1.47. The largest absolute Gasteiger partial charge is 0.490 e. The minimum atomic E-state index is -5.14. The van der Waals surface area contributed by atoms with Gasteiger partial charge in [-0.15, -0.1) is 0 Å². The molecule has 1 unspecified atom stereocenters. The molecule has 0 radical (unpaired) electrons. The van der Waals surface area contributed by atoms with Crippen molar-refractivity contribution in [3.8, 4) is 17.5 Å². The molecule has 0 fully saturated rings. The number of hydrogen-bond donors (Lipinski definition) is 1. The molecule has 34 heavy (non-hydrogen) atoms. The van der Waals surface area contributed by atoms with Gasteiger partial charge in [0.2, 0.25) is 11.8 Å². The second kappa shape index (κ2) is 9.40. The lowest BCUT2D eigenvalue weighted by Crippen LogP contribution is -2.30. The Labute approximate surface area is 191 Å². The Morgan fingerprint density at radius 3 is 2.62 bits per heavy atom. The molecule has 3 aromatic heterocycles. The first-order chi connectivity index (χ1) is 16.2. The summed E-state index contributed by atoms with van der Waals surface area (Å²) in [6, 6.07) is 13.7. The van der Waals surface area contributed by atoms with Crippen LogP contribution in [0.25, 0.3) is 10.9 Å². The van der Waals surface area contributed by atoms with Crippen LogP contribution in [0.1, 0.15) is 17.4 Å². The Morgan fingerprint density at radius 1 is 1.09 bits per heavy atom. The topological polar surface area (TPSA) is 101 Å². The van der Waals surface area contributed by atoms with Gasteiger partial charge in [-0.2, -0.15) is 13.2 Å². The van der Waals surface area contributed by atoms with E-state index in [9.17, 15) is 18.0 Å². The van der Waals surface area contributed by atoms with Crippen LogP contribution in [0.5, 0.6) is 17.5 Å². The molecule has 0 spiro atoms. The van der Waals surface area contributed by atoms with Crippen molar-refractivity contribution in [2.75, 3.05) is 7.11 Å². The van der Waals surface area contributed by atoms with Gasteiger partial charge in [0.1, 0.15) is 5.75 Å². The van der Waals surface area contributed by atoms with E-state index in [2.05, 4.69) is 19.3 Å². The molecular weight excluding hydrogens is 453 g/mol. The zero-order valence-electron chi connectivity index (χ0n) is 17.8. The Hall–Kier alpha value is -4.12. The van der Waals surface area contributed by atoms with Gasteiger partial charge in [0.15, 0.2) is 6.23 Å². The number of benzene rings is 1. The summed E-state index contributed by atoms with van der Waals surface area (Å²) in [6.07, 6.45) is -1.78. The molecule has 0 saturated carbocycles. The van der Waals surface area contributed by atoms with Gasteiger partial charge in [-0.3, -0.25) is 5.73 Å². The molecule has 4 aromatic rings. The normalized spacial score (nSPS) is 12.4. The van der Waals surface area contributed by atoms with Crippen LogP contribution in [0, 0.1) is 0 Å². The second-order valence-electron chi connectivity index (χ2n) is 7.23. The number of carbonyl (C=O) groups is 1. The molecule has 0 aliphatic rings. The quantitative estimate of drug-likeness (QED) is 0.315. The van der Waals surface area contributed by atoms with Gasteiger partial charge in [-0.25, -0.2) is 14.8 Å². The summed E-state index contributed by atoms with van der Waals surface area (Å²) in [7, 11) is 1.56. The number of halogens is 3. The van der Waals surface area contributed by atoms with E-state index in [0.717, 1.165) is 16.5 Å². The van der Waals surface area contributed by atoms with Crippen LogP contribution in [-0.4, -0.2) is 33.8 Å². The number of nitrogens with zero attached hydrogens (tertiary/aromatic N) is 3. The summed E-state index contributed by atoms with van der Waals surface area (Å²) in [5, 5.41) is 0.908. The molecule has 8 nitrogen and oxygen atoms in total. The highest BCUT2D eigenvalue weighted by Crippen LogP contribution is 2.28. The number of nitrogens with two attached hydrogens (primary N) is 1. The van der Waals surface area contributed by atoms with Gasteiger partial charge < -0.3 is 18.8 Å². The van der Waals surface area contributed by atoms with Gasteiger partial charge in [-0.1, -0.05) is 6.07 Å². The van der Waals surface area contributed by atoms with Crippen LogP contribution in [-0.2, 0) is 16.1 Å². The number of esters is 1. The van der Waals surface area contributed by atoms with Crippen molar-refractivity contribution in [2.45, 2.75) is 18.9 Å². The average Bonchev–Trinajstić information content (AvgIpc) is 3.21. The monoisotopic (exact) mass is 472 g/mol. The third kappa shape index (κ3) is 5.26. The van der Waals surface area contributed by atoms with E-state index >= 15 is 0 Å². The van der Waals surface area contributed by atoms with Gasteiger partial charge in [0, 0.05) is 53.7 Å². The van der Waals surface area contributed by atoms with Gasteiger partial charge >= 0.3 is 12.1 Å². The van der Waals surface area contributed by atoms with Crippen molar-refractivity contribution in [2.24, 2.45) is 5.73 Å². The fourth-order valence-electron chi connectivity index (χ4n) is 3.23. The van der Waals surface area contributed by atoms with Crippen LogP contribution in [0.3, 0.4) is 0 Å². The lowest BCUT2D eigenvalue weighted by molar-refractivity contribution is -0.205. The Bertz CT molecular complexity index is 1310. The lowest BCUT2D eigenvalue weighted by atomic mass is 10.2. The first-order valence-electron chi connectivity index (χ1n) is 9.98. The number of hydrogen-bond acceptors (Lipinski definition) is 7. The van der Waals surface area contributed by atoms with Crippen LogP contribution >= 0.6 is 0 Å². The standard InChI is InChI=1S/C23H19F3N4O4/c1-32-19-5-2-14(12-29-19)13-30-9-7-15-10-17(3-4-18(15)30)33-20-11-16(6-8-28-20)21(27)34-22(31)23(24,25)26/h2-12,21H,13,27H2,1H3. The second-order valence-corrected chi connectivity index (χ2v) is 7.23. The number of aromatic nitrogens is 3. The fourth-order valence-corrected chi connectivity index (χ4v) is 3.23. The van der Waals surface area contributed by atoms with Gasteiger partial charge in [0.05, 0.1) is 7.11 Å². The summed E-state index contributed by atoms with van der Waals surface area (Å²) in [5.74, 6) is -1.29. The zero-order valence-corrected chi connectivity index (χ0v) is 17.8. The molecule has 2 N–H and O–H groups in total. The smallest absolute Gasteiger partial charge is 0.481 e. The van der Waals surface area contributed by atoms with Crippen LogP contribution in [0.15, 0.2) is 67.1 Å². The molecule has 0 saturated heterocycles. The van der Waals surface area contributed by atoms with Crippen molar-refractivity contribution < 1.29 is 32.2 Å². The number of ether oxygens (including phenoxy) is 3. The number of fused-ring (bicyclic) bond motifs is 1. The molecule has 0 bridgehead atoms. The predicted molar refractivity (Wildman–Crippen MR) is 115 cm³/mol. The minimum Gasteiger partial charge on any atom is -0.481 e. The number of rotatable bonds is 7. The first kappa shape index (κ1) is 23.1. The lowest BCUT2D eigenvalue weighted by Gasteiger charge is -2.15. The van der Waals surface area contributed by atoms with Crippen LogP contribution in [0.2, 0.25) is 0 Å². The first-order valence-corrected chi connectivity index (χ1v) is 9.98.